The minimum Gasteiger partial charge on any atom is -0.463 e. The third kappa shape index (κ3) is 5.79. The van der Waals surface area contributed by atoms with Crippen LogP contribution < -0.4 is 0 Å². The van der Waals surface area contributed by atoms with Crippen LogP contribution in [0.25, 0.3) is 0 Å². The zero-order valence-electron chi connectivity index (χ0n) is 24.5. The molecule has 6 heteroatoms. The minimum atomic E-state index is -1.85. The number of carbonyl (C=O) groups excluding carboxylic acids is 2. The Morgan fingerprint density at radius 3 is 2.22 bits per heavy atom. The van der Waals surface area contributed by atoms with Crippen molar-refractivity contribution in [1.82, 2.24) is 0 Å². The molecule has 3 saturated carbocycles. The zero-order chi connectivity index (χ0) is 27.1. The van der Waals surface area contributed by atoms with E-state index in [4.69, 9.17) is 13.9 Å². The molecule has 0 N–H and O–H groups in total. The number of fused-ring (bicyclic) bond motifs is 1. The molecule has 0 aromatic rings. The van der Waals surface area contributed by atoms with E-state index in [-0.39, 0.29) is 40.0 Å². The molecule has 0 heterocycles. The van der Waals surface area contributed by atoms with E-state index in [0.29, 0.717) is 17.8 Å². The van der Waals surface area contributed by atoms with Gasteiger partial charge in [-0.25, -0.2) is 0 Å². The van der Waals surface area contributed by atoms with E-state index in [2.05, 4.69) is 54.3 Å². The number of hydrogen-bond acceptors (Lipinski definition) is 5. The predicted octanol–water partition coefficient (Wildman–Crippen LogP) is 7.45. The van der Waals surface area contributed by atoms with Crippen molar-refractivity contribution in [2.75, 3.05) is 6.61 Å². The Labute approximate surface area is 221 Å². The van der Waals surface area contributed by atoms with Crippen LogP contribution in [-0.4, -0.2) is 39.1 Å². The summed E-state index contributed by atoms with van der Waals surface area (Å²) < 4.78 is 18.5. The number of esters is 2. The summed E-state index contributed by atoms with van der Waals surface area (Å²) in [7, 11) is -1.85. The maximum absolute atomic E-state index is 12.3. The molecule has 3 fully saturated rings. The first-order valence-electron chi connectivity index (χ1n) is 14.2. The Bertz CT molecular complexity index is 845. The van der Waals surface area contributed by atoms with Gasteiger partial charge in [-0.2, -0.15) is 0 Å². The summed E-state index contributed by atoms with van der Waals surface area (Å²) in [5.74, 6) is 0.594. The molecule has 0 saturated heterocycles. The van der Waals surface area contributed by atoms with Crippen LogP contribution in [0.4, 0.5) is 0 Å². The monoisotopic (exact) mass is 520 g/mol. The molecule has 0 amide bonds. The molecule has 0 bridgehead atoms. The first kappa shape index (κ1) is 29.4. The molecular weight excluding hydrogens is 468 g/mol. The molecule has 3 rings (SSSR count). The fourth-order valence-corrected chi connectivity index (χ4v) is 8.44. The van der Waals surface area contributed by atoms with E-state index >= 15 is 0 Å². The first-order valence-corrected chi connectivity index (χ1v) is 17.1. The summed E-state index contributed by atoms with van der Waals surface area (Å²) >= 11 is 0. The van der Waals surface area contributed by atoms with Crippen LogP contribution in [0.3, 0.4) is 0 Å². The second-order valence-electron chi connectivity index (χ2n) is 14.0. The van der Waals surface area contributed by atoms with Crippen LogP contribution in [0, 0.1) is 28.6 Å². The van der Waals surface area contributed by atoms with Gasteiger partial charge < -0.3 is 13.9 Å². The minimum absolute atomic E-state index is 0.00118. The van der Waals surface area contributed by atoms with Crippen molar-refractivity contribution in [2.24, 2.45) is 28.6 Å². The predicted molar refractivity (Wildman–Crippen MR) is 147 cm³/mol. The van der Waals surface area contributed by atoms with Crippen molar-refractivity contribution in [1.29, 1.82) is 0 Å². The van der Waals surface area contributed by atoms with E-state index < -0.39 is 8.32 Å². The number of rotatable bonds is 7. The molecule has 3 aliphatic carbocycles. The third-order valence-electron chi connectivity index (χ3n) is 10.9. The number of ether oxygens (including phenoxy) is 2. The lowest BCUT2D eigenvalue weighted by molar-refractivity contribution is -0.177. The second-order valence-corrected chi connectivity index (χ2v) is 18.8. The molecule has 0 aromatic heterocycles. The Morgan fingerprint density at radius 1 is 1.00 bits per heavy atom. The fourth-order valence-electron chi connectivity index (χ4n) is 7.38. The maximum atomic E-state index is 12.3. The van der Waals surface area contributed by atoms with Gasteiger partial charge in [-0.15, -0.1) is 0 Å². The summed E-state index contributed by atoms with van der Waals surface area (Å²) in [6.07, 6.45) is 7.74. The highest BCUT2D eigenvalue weighted by Crippen LogP contribution is 2.62. The molecule has 0 aromatic carbocycles. The normalized spacial score (nSPS) is 37.4. The van der Waals surface area contributed by atoms with Gasteiger partial charge in [-0.1, -0.05) is 46.8 Å². The maximum Gasteiger partial charge on any atom is 0.302 e. The van der Waals surface area contributed by atoms with Crippen molar-refractivity contribution >= 4 is 20.3 Å². The van der Waals surface area contributed by atoms with Gasteiger partial charge in [-0.05, 0) is 86.2 Å². The molecule has 7 atom stereocenters. The molecule has 3 aliphatic rings. The molecule has 0 aliphatic heterocycles. The Hall–Kier alpha value is -1.14. The average molecular weight is 521 g/mol. The van der Waals surface area contributed by atoms with Gasteiger partial charge in [0.15, 0.2) is 8.32 Å². The van der Waals surface area contributed by atoms with Gasteiger partial charge in [0.25, 0.3) is 0 Å². The van der Waals surface area contributed by atoms with Gasteiger partial charge in [-0.3, -0.25) is 9.59 Å². The highest BCUT2D eigenvalue weighted by Gasteiger charge is 2.58. The van der Waals surface area contributed by atoms with Gasteiger partial charge in [0, 0.05) is 32.3 Å². The van der Waals surface area contributed by atoms with Crippen molar-refractivity contribution in [2.45, 2.75) is 130 Å². The summed E-state index contributed by atoms with van der Waals surface area (Å²) in [5.41, 5.74) is 1.38. The largest absolute Gasteiger partial charge is 0.463 e. The quantitative estimate of drug-likeness (QED) is 0.198. The van der Waals surface area contributed by atoms with E-state index in [9.17, 15) is 9.59 Å². The Morgan fingerprint density at radius 2 is 1.64 bits per heavy atom. The van der Waals surface area contributed by atoms with Crippen molar-refractivity contribution in [3.8, 4) is 0 Å². The van der Waals surface area contributed by atoms with Gasteiger partial charge >= 0.3 is 11.9 Å². The van der Waals surface area contributed by atoms with E-state index in [1.807, 2.05) is 0 Å². The molecule has 4 unspecified atom stereocenters. The smallest absolute Gasteiger partial charge is 0.302 e. The lowest BCUT2D eigenvalue weighted by Crippen LogP contribution is -2.54. The van der Waals surface area contributed by atoms with Crippen LogP contribution >= 0.6 is 0 Å². The first-order chi connectivity index (χ1) is 16.5. The Balaban J connectivity index is 1.88. The highest BCUT2D eigenvalue weighted by atomic mass is 28.4. The molecule has 5 nitrogen and oxygen atoms in total. The number of carbonyl (C=O) groups is 2. The average Bonchev–Trinajstić information content (AvgIpc) is 3.04. The summed E-state index contributed by atoms with van der Waals surface area (Å²) in [6.45, 7) is 24.4. The summed E-state index contributed by atoms with van der Waals surface area (Å²) in [4.78, 5) is 24.1. The van der Waals surface area contributed by atoms with Crippen molar-refractivity contribution in [3.63, 3.8) is 0 Å². The number of hydrogen-bond donors (Lipinski definition) is 0. The van der Waals surface area contributed by atoms with E-state index in [1.165, 1.54) is 12.5 Å². The third-order valence-corrected chi connectivity index (χ3v) is 15.4. The number of allylic oxidation sites excluding steroid dienone is 1. The molecule has 36 heavy (non-hydrogen) atoms. The van der Waals surface area contributed by atoms with Gasteiger partial charge in [0.05, 0.1) is 0 Å². The topological polar surface area (TPSA) is 61.8 Å². The van der Waals surface area contributed by atoms with Gasteiger partial charge in [0.2, 0.25) is 0 Å². The van der Waals surface area contributed by atoms with Crippen LogP contribution in [0.2, 0.25) is 18.1 Å². The van der Waals surface area contributed by atoms with Crippen LogP contribution in [0.5, 0.6) is 0 Å². The van der Waals surface area contributed by atoms with Crippen LogP contribution in [0.1, 0.15) is 99.8 Å². The highest BCUT2D eigenvalue weighted by molar-refractivity contribution is 6.74. The lowest BCUT2D eigenvalue weighted by Gasteiger charge is -2.56. The molecular formula is C30H52O5Si. The second kappa shape index (κ2) is 10.6. The lowest BCUT2D eigenvalue weighted by atomic mass is 9.51. The fraction of sp³-hybridized carbons (Fsp3) is 0.867. The zero-order valence-corrected chi connectivity index (χ0v) is 25.5. The molecule has 0 radical (unpaired) electrons. The summed E-state index contributed by atoms with van der Waals surface area (Å²) in [5, 5.41) is 0.169. The Kier molecular flexibility index (Phi) is 8.62. The standard InChI is InChI=1S/C30H52O5Si/c1-20-11-12-25-27(35-22(3)32)26(14-17-29(20,25)7)30(8)16-13-24(34-21(2)31)19-23(30)15-18-33-36(9,10)28(4,5)6/h23-27H,1,11-19H2,2-10H3/t23-,24-,25?,26?,27?,29?,30-/m0/s1. The van der Waals surface area contributed by atoms with Crippen LogP contribution in [0.15, 0.2) is 12.2 Å². The van der Waals surface area contributed by atoms with Crippen molar-refractivity contribution < 1.29 is 23.5 Å². The van der Waals surface area contributed by atoms with Crippen molar-refractivity contribution in [3.05, 3.63) is 12.2 Å². The van der Waals surface area contributed by atoms with Gasteiger partial charge in [0.1, 0.15) is 12.2 Å². The summed E-state index contributed by atoms with van der Waals surface area (Å²) in [6, 6.07) is 0. The SMILES string of the molecule is C=C1CCC2C(OC(C)=O)C([C@@]3(C)CC[C@H](OC(C)=O)C[C@@H]3CCO[Si](C)(C)C(C)(C)C)CCC12C. The van der Waals surface area contributed by atoms with E-state index in [1.54, 1.807) is 6.92 Å². The molecule has 0 spiro atoms. The van der Waals surface area contributed by atoms with E-state index in [0.717, 1.165) is 58.0 Å². The molecule has 206 valence electrons. The van der Waals surface area contributed by atoms with Crippen LogP contribution in [-0.2, 0) is 23.5 Å².